The number of nitrogens with zero attached hydrogens (tertiary/aromatic N) is 6. The molecule has 0 atom stereocenters. The summed E-state index contributed by atoms with van der Waals surface area (Å²) in [5.74, 6) is -2.59. The molecule has 0 saturated carbocycles. The molecule has 0 aliphatic carbocycles. The standard InChI is InChI=1S/C25H19ClF2N6O/c1-15-31-22(18-4-6-19(26)7-5-18)21(17-9-11-29-12-10-17)23-32-33(24(35)34(15)23)14-16-3-8-20(30-13-16)25(2,27)28/h3-13H,14H2,1-2H3. The smallest absolute Gasteiger partial charge is 0.265 e. The van der Waals surface area contributed by atoms with Gasteiger partial charge in [-0.3, -0.25) is 9.97 Å². The van der Waals surface area contributed by atoms with Crippen LogP contribution in [0.2, 0.25) is 5.02 Å². The number of benzene rings is 1. The Morgan fingerprint density at radius 2 is 1.71 bits per heavy atom. The molecule has 0 radical (unpaired) electrons. The molecule has 0 spiro atoms. The molecule has 0 aliphatic heterocycles. The van der Waals surface area contributed by atoms with E-state index in [0.717, 1.165) is 18.1 Å². The molecule has 4 heterocycles. The number of alkyl halides is 2. The van der Waals surface area contributed by atoms with Gasteiger partial charge in [0, 0.05) is 36.1 Å². The van der Waals surface area contributed by atoms with Crippen LogP contribution >= 0.6 is 11.6 Å². The fourth-order valence-corrected chi connectivity index (χ4v) is 4.02. The van der Waals surface area contributed by atoms with Crippen molar-refractivity contribution in [3.05, 3.63) is 99.7 Å². The minimum absolute atomic E-state index is 0.0641. The average molecular weight is 493 g/mol. The maximum Gasteiger partial charge on any atom is 0.352 e. The van der Waals surface area contributed by atoms with Crippen molar-refractivity contribution in [1.82, 2.24) is 29.1 Å². The Kier molecular flexibility index (Phi) is 5.64. The van der Waals surface area contributed by atoms with E-state index in [1.54, 1.807) is 31.5 Å². The van der Waals surface area contributed by atoms with Crippen molar-refractivity contribution >= 4 is 17.2 Å². The molecule has 10 heteroatoms. The number of fused-ring (bicyclic) bond motifs is 1. The second-order valence-electron chi connectivity index (χ2n) is 8.16. The zero-order valence-corrected chi connectivity index (χ0v) is 19.5. The highest BCUT2D eigenvalue weighted by Crippen LogP contribution is 2.34. The van der Waals surface area contributed by atoms with Gasteiger partial charge in [0.05, 0.1) is 17.8 Å². The van der Waals surface area contributed by atoms with Crippen LogP contribution in [0.3, 0.4) is 0 Å². The van der Waals surface area contributed by atoms with Crippen LogP contribution in [0.15, 0.2) is 71.9 Å². The van der Waals surface area contributed by atoms with Gasteiger partial charge in [-0.1, -0.05) is 29.8 Å². The maximum absolute atomic E-state index is 13.5. The van der Waals surface area contributed by atoms with E-state index in [9.17, 15) is 13.6 Å². The van der Waals surface area contributed by atoms with Crippen LogP contribution in [0.4, 0.5) is 8.78 Å². The summed E-state index contributed by atoms with van der Waals surface area (Å²) >= 11 is 6.08. The zero-order valence-electron chi connectivity index (χ0n) is 18.8. The first kappa shape index (κ1) is 22.8. The summed E-state index contributed by atoms with van der Waals surface area (Å²) in [6.45, 7) is 2.58. The van der Waals surface area contributed by atoms with Gasteiger partial charge < -0.3 is 0 Å². The molecule has 0 N–H and O–H groups in total. The number of aromatic nitrogens is 6. The third kappa shape index (κ3) is 4.30. The van der Waals surface area contributed by atoms with Crippen LogP contribution in [0.1, 0.15) is 24.0 Å². The van der Waals surface area contributed by atoms with E-state index in [2.05, 4.69) is 15.1 Å². The Labute approximate surface area is 203 Å². The Balaban J connectivity index is 1.69. The van der Waals surface area contributed by atoms with Crippen LogP contribution in [0, 0.1) is 6.92 Å². The molecule has 176 valence electrons. The van der Waals surface area contributed by atoms with Gasteiger partial charge in [0.15, 0.2) is 5.65 Å². The third-order valence-electron chi connectivity index (χ3n) is 5.59. The molecule has 35 heavy (non-hydrogen) atoms. The molecule has 5 aromatic rings. The van der Waals surface area contributed by atoms with Crippen molar-refractivity contribution in [3.63, 3.8) is 0 Å². The molecular formula is C25H19ClF2N6O. The van der Waals surface area contributed by atoms with Crippen molar-refractivity contribution < 1.29 is 8.78 Å². The summed E-state index contributed by atoms with van der Waals surface area (Å²) in [5, 5.41) is 5.22. The van der Waals surface area contributed by atoms with Crippen LogP contribution < -0.4 is 5.69 Å². The highest BCUT2D eigenvalue weighted by atomic mass is 35.5. The van der Waals surface area contributed by atoms with Crippen molar-refractivity contribution in [2.45, 2.75) is 26.3 Å². The van der Waals surface area contributed by atoms with Crippen LogP contribution in [0.25, 0.3) is 28.0 Å². The molecule has 0 saturated heterocycles. The quantitative estimate of drug-likeness (QED) is 0.339. The summed E-state index contributed by atoms with van der Waals surface area (Å²) in [7, 11) is 0. The number of aryl methyl sites for hydroxylation is 1. The lowest BCUT2D eigenvalue weighted by Gasteiger charge is -2.12. The molecule has 5 rings (SSSR count). The van der Waals surface area contributed by atoms with E-state index in [-0.39, 0.29) is 12.2 Å². The second kappa shape index (κ2) is 8.66. The first-order valence-electron chi connectivity index (χ1n) is 10.7. The molecule has 0 fully saturated rings. The van der Waals surface area contributed by atoms with Crippen LogP contribution in [-0.4, -0.2) is 29.1 Å². The van der Waals surface area contributed by atoms with E-state index in [4.69, 9.17) is 16.6 Å². The summed E-state index contributed by atoms with van der Waals surface area (Å²) < 4.78 is 29.7. The monoisotopic (exact) mass is 492 g/mol. The van der Waals surface area contributed by atoms with Gasteiger partial charge in [-0.2, -0.15) is 8.78 Å². The highest BCUT2D eigenvalue weighted by Gasteiger charge is 2.26. The van der Waals surface area contributed by atoms with E-state index in [1.165, 1.54) is 27.4 Å². The highest BCUT2D eigenvalue weighted by molar-refractivity contribution is 6.30. The lowest BCUT2D eigenvalue weighted by atomic mass is 10.0. The Hall–Kier alpha value is -3.98. The predicted molar refractivity (Wildman–Crippen MR) is 129 cm³/mol. The summed E-state index contributed by atoms with van der Waals surface area (Å²) in [6, 6.07) is 13.7. The SMILES string of the molecule is Cc1nc(-c2ccc(Cl)cc2)c(-c2ccncc2)c2nn(Cc3ccc(C(C)(F)F)nc3)c(=O)n12. The van der Waals surface area contributed by atoms with Gasteiger partial charge in [0.25, 0.3) is 5.92 Å². The number of hydrogen-bond acceptors (Lipinski definition) is 5. The normalized spacial score (nSPS) is 11.8. The first-order chi connectivity index (χ1) is 16.7. The summed E-state index contributed by atoms with van der Waals surface area (Å²) in [4.78, 5) is 26.0. The van der Waals surface area contributed by atoms with Gasteiger partial charge in [0.2, 0.25) is 0 Å². The van der Waals surface area contributed by atoms with Gasteiger partial charge in [-0.15, -0.1) is 5.10 Å². The van der Waals surface area contributed by atoms with Crippen molar-refractivity contribution in [3.8, 4) is 22.4 Å². The molecule has 7 nitrogen and oxygen atoms in total. The van der Waals surface area contributed by atoms with Gasteiger partial charge in [-0.05, 0) is 48.4 Å². The number of hydrogen-bond donors (Lipinski definition) is 0. The minimum Gasteiger partial charge on any atom is -0.265 e. The molecule has 0 bridgehead atoms. The number of halogens is 3. The van der Waals surface area contributed by atoms with Gasteiger partial charge in [0.1, 0.15) is 11.5 Å². The predicted octanol–water partition coefficient (Wildman–Crippen LogP) is 5.14. The van der Waals surface area contributed by atoms with Crippen molar-refractivity contribution in [1.29, 1.82) is 0 Å². The lowest BCUT2D eigenvalue weighted by Crippen LogP contribution is -2.23. The molecule has 0 unspecified atom stereocenters. The van der Waals surface area contributed by atoms with E-state index >= 15 is 0 Å². The molecule has 0 amide bonds. The summed E-state index contributed by atoms with van der Waals surface area (Å²) in [5.41, 5.74) is 3.16. The minimum atomic E-state index is -3.04. The van der Waals surface area contributed by atoms with Crippen molar-refractivity contribution in [2.75, 3.05) is 0 Å². The zero-order chi connectivity index (χ0) is 24.7. The van der Waals surface area contributed by atoms with E-state index in [0.29, 0.717) is 33.3 Å². The summed E-state index contributed by atoms with van der Waals surface area (Å²) in [6.07, 6.45) is 4.64. The third-order valence-corrected chi connectivity index (χ3v) is 5.84. The van der Waals surface area contributed by atoms with Gasteiger partial charge in [-0.25, -0.2) is 18.9 Å². The molecular weight excluding hydrogens is 474 g/mol. The first-order valence-corrected chi connectivity index (χ1v) is 11.1. The Morgan fingerprint density at radius 3 is 2.34 bits per heavy atom. The van der Waals surface area contributed by atoms with Gasteiger partial charge >= 0.3 is 5.69 Å². The van der Waals surface area contributed by atoms with Crippen LogP contribution in [-0.2, 0) is 12.5 Å². The lowest BCUT2D eigenvalue weighted by molar-refractivity contribution is 0.0127. The van der Waals surface area contributed by atoms with E-state index < -0.39 is 11.6 Å². The number of pyridine rings is 2. The Bertz CT molecular complexity index is 1570. The fraction of sp³-hybridized carbons (Fsp3) is 0.160. The van der Waals surface area contributed by atoms with E-state index in [1.807, 2.05) is 24.3 Å². The average Bonchev–Trinajstić information content (AvgIpc) is 3.16. The van der Waals surface area contributed by atoms with Crippen molar-refractivity contribution in [2.24, 2.45) is 0 Å². The topological polar surface area (TPSA) is 78.0 Å². The number of rotatable bonds is 5. The second-order valence-corrected chi connectivity index (χ2v) is 8.60. The molecule has 0 aliphatic rings. The largest absolute Gasteiger partial charge is 0.352 e. The molecule has 1 aromatic carbocycles. The van der Waals surface area contributed by atoms with Crippen LogP contribution in [0.5, 0.6) is 0 Å². The Morgan fingerprint density at radius 1 is 1.00 bits per heavy atom. The maximum atomic E-state index is 13.5. The fourth-order valence-electron chi connectivity index (χ4n) is 3.89. The molecule has 4 aromatic heterocycles.